The van der Waals surface area contributed by atoms with Crippen molar-refractivity contribution in [3.05, 3.63) is 59.2 Å². The first-order valence-corrected chi connectivity index (χ1v) is 6.48. The highest BCUT2D eigenvalue weighted by Crippen LogP contribution is 2.24. The van der Waals surface area contributed by atoms with Crippen LogP contribution in [0.2, 0.25) is 0 Å². The van der Waals surface area contributed by atoms with E-state index in [0.717, 1.165) is 17.1 Å². The summed E-state index contributed by atoms with van der Waals surface area (Å²) in [6.07, 6.45) is 0.525. The van der Waals surface area contributed by atoms with E-state index in [4.69, 9.17) is 4.74 Å². The third kappa shape index (κ3) is 3.22. The van der Waals surface area contributed by atoms with Crippen molar-refractivity contribution in [2.45, 2.75) is 27.2 Å². The SMILES string of the molecule is CCC(=O)c1ccc(Oc2ccc(C)c(C)c2)cc1. The molecule has 0 heterocycles. The Morgan fingerprint density at radius 3 is 2.16 bits per heavy atom. The third-order valence-electron chi connectivity index (χ3n) is 3.21. The quantitative estimate of drug-likeness (QED) is 0.740. The highest BCUT2D eigenvalue weighted by Gasteiger charge is 2.04. The fraction of sp³-hybridized carbons (Fsp3) is 0.235. The van der Waals surface area contributed by atoms with E-state index in [-0.39, 0.29) is 5.78 Å². The van der Waals surface area contributed by atoms with Gasteiger partial charge in [-0.05, 0) is 61.4 Å². The molecule has 0 fully saturated rings. The van der Waals surface area contributed by atoms with E-state index in [2.05, 4.69) is 13.8 Å². The number of ketones is 1. The van der Waals surface area contributed by atoms with Gasteiger partial charge in [0.05, 0.1) is 0 Å². The Morgan fingerprint density at radius 2 is 1.58 bits per heavy atom. The Bertz CT molecular complexity index is 583. The van der Waals surface area contributed by atoms with Gasteiger partial charge in [0, 0.05) is 12.0 Å². The largest absolute Gasteiger partial charge is 0.457 e. The van der Waals surface area contributed by atoms with Crippen molar-refractivity contribution in [3.8, 4) is 11.5 Å². The van der Waals surface area contributed by atoms with Gasteiger partial charge in [0.25, 0.3) is 0 Å². The molecule has 2 aromatic rings. The van der Waals surface area contributed by atoms with Crippen LogP contribution < -0.4 is 4.74 Å². The van der Waals surface area contributed by atoms with Crippen molar-refractivity contribution in [3.63, 3.8) is 0 Å². The first-order valence-electron chi connectivity index (χ1n) is 6.48. The van der Waals surface area contributed by atoms with Crippen molar-refractivity contribution in [2.75, 3.05) is 0 Å². The Balaban J connectivity index is 2.15. The van der Waals surface area contributed by atoms with E-state index in [9.17, 15) is 4.79 Å². The molecule has 0 unspecified atom stereocenters. The molecule has 19 heavy (non-hydrogen) atoms. The number of hydrogen-bond donors (Lipinski definition) is 0. The maximum Gasteiger partial charge on any atom is 0.162 e. The molecule has 2 aromatic carbocycles. The minimum absolute atomic E-state index is 0.151. The monoisotopic (exact) mass is 254 g/mol. The summed E-state index contributed by atoms with van der Waals surface area (Å²) in [5.41, 5.74) is 3.18. The zero-order chi connectivity index (χ0) is 13.8. The van der Waals surface area contributed by atoms with Gasteiger partial charge in [-0.15, -0.1) is 0 Å². The summed E-state index contributed by atoms with van der Waals surface area (Å²) in [6.45, 7) is 6.00. The Hall–Kier alpha value is -2.09. The van der Waals surface area contributed by atoms with E-state index in [1.807, 2.05) is 49.4 Å². The van der Waals surface area contributed by atoms with E-state index in [1.54, 1.807) is 0 Å². The lowest BCUT2D eigenvalue weighted by atomic mass is 10.1. The predicted molar refractivity (Wildman–Crippen MR) is 77.1 cm³/mol. The molecular weight excluding hydrogens is 236 g/mol. The zero-order valence-electron chi connectivity index (χ0n) is 11.6. The molecule has 0 atom stereocenters. The number of hydrogen-bond acceptors (Lipinski definition) is 2. The molecule has 0 aliphatic heterocycles. The molecule has 0 bridgehead atoms. The number of Topliss-reactive ketones (excluding diaryl/α,β-unsaturated/α-hetero) is 1. The van der Waals surface area contributed by atoms with Crippen LogP contribution in [0.3, 0.4) is 0 Å². The molecule has 98 valence electrons. The molecule has 0 saturated carbocycles. The fourth-order valence-electron chi connectivity index (χ4n) is 1.83. The minimum atomic E-state index is 0.151. The zero-order valence-corrected chi connectivity index (χ0v) is 11.6. The number of ether oxygens (including phenoxy) is 1. The van der Waals surface area contributed by atoms with Gasteiger partial charge in [0.15, 0.2) is 5.78 Å². The fourth-order valence-corrected chi connectivity index (χ4v) is 1.83. The van der Waals surface area contributed by atoms with Gasteiger partial charge < -0.3 is 4.74 Å². The number of benzene rings is 2. The van der Waals surface area contributed by atoms with Gasteiger partial charge in [-0.1, -0.05) is 13.0 Å². The topological polar surface area (TPSA) is 26.3 Å². The Morgan fingerprint density at radius 1 is 0.947 bits per heavy atom. The summed E-state index contributed by atoms with van der Waals surface area (Å²) in [6, 6.07) is 13.3. The lowest BCUT2D eigenvalue weighted by molar-refractivity contribution is 0.0988. The first kappa shape index (κ1) is 13.3. The summed E-state index contributed by atoms with van der Waals surface area (Å²) >= 11 is 0. The highest BCUT2D eigenvalue weighted by atomic mass is 16.5. The van der Waals surface area contributed by atoms with Gasteiger partial charge in [0.2, 0.25) is 0 Å². The molecule has 0 aliphatic rings. The number of carbonyl (C=O) groups excluding carboxylic acids is 1. The second-order valence-electron chi connectivity index (χ2n) is 4.65. The van der Waals surface area contributed by atoms with E-state index >= 15 is 0 Å². The van der Waals surface area contributed by atoms with Gasteiger partial charge in [0.1, 0.15) is 11.5 Å². The summed E-state index contributed by atoms with van der Waals surface area (Å²) in [7, 11) is 0. The number of carbonyl (C=O) groups is 1. The predicted octanol–water partition coefficient (Wildman–Crippen LogP) is 4.69. The maximum absolute atomic E-state index is 11.5. The van der Waals surface area contributed by atoms with Crippen LogP contribution in [0.5, 0.6) is 11.5 Å². The lowest BCUT2D eigenvalue weighted by Crippen LogP contribution is -1.95. The average Bonchev–Trinajstić information content (AvgIpc) is 2.43. The summed E-state index contributed by atoms with van der Waals surface area (Å²) in [5, 5.41) is 0. The van der Waals surface area contributed by atoms with Crippen molar-refractivity contribution >= 4 is 5.78 Å². The van der Waals surface area contributed by atoms with Crippen LogP contribution in [0.15, 0.2) is 42.5 Å². The van der Waals surface area contributed by atoms with Gasteiger partial charge >= 0.3 is 0 Å². The smallest absolute Gasteiger partial charge is 0.162 e. The molecule has 2 heteroatoms. The Kier molecular flexibility index (Phi) is 4.00. The van der Waals surface area contributed by atoms with Crippen molar-refractivity contribution in [1.29, 1.82) is 0 Å². The van der Waals surface area contributed by atoms with E-state index in [0.29, 0.717) is 6.42 Å². The lowest BCUT2D eigenvalue weighted by Gasteiger charge is -2.08. The van der Waals surface area contributed by atoms with Crippen molar-refractivity contribution < 1.29 is 9.53 Å². The van der Waals surface area contributed by atoms with Crippen LogP contribution in [0.25, 0.3) is 0 Å². The molecule has 0 N–H and O–H groups in total. The van der Waals surface area contributed by atoms with Gasteiger partial charge in [-0.25, -0.2) is 0 Å². The molecule has 0 aromatic heterocycles. The molecule has 0 spiro atoms. The first-order chi connectivity index (χ1) is 9.10. The van der Waals surface area contributed by atoms with E-state index in [1.165, 1.54) is 11.1 Å². The molecule has 0 amide bonds. The summed E-state index contributed by atoms with van der Waals surface area (Å²) in [5.74, 6) is 1.71. The summed E-state index contributed by atoms with van der Waals surface area (Å²) < 4.78 is 5.77. The van der Waals surface area contributed by atoms with E-state index < -0.39 is 0 Å². The third-order valence-corrected chi connectivity index (χ3v) is 3.21. The van der Waals surface area contributed by atoms with Crippen LogP contribution in [0.4, 0.5) is 0 Å². The molecule has 0 saturated heterocycles. The van der Waals surface area contributed by atoms with Gasteiger partial charge in [-0.3, -0.25) is 4.79 Å². The van der Waals surface area contributed by atoms with Crippen LogP contribution in [-0.4, -0.2) is 5.78 Å². The van der Waals surface area contributed by atoms with Crippen molar-refractivity contribution in [1.82, 2.24) is 0 Å². The standard InChI is InChI=1S/C17H18O2/c1-4-17(18)14-6-9-15(10-7-14)19-16-8-5-12(2)13(3)11-16/h5-11H,4H2,1-3H3. The number of rotatable bonds is 4. The average molecular weight is 254 g/mol. The second kappa shape index (κ2) is 5.70. The summed E-state index contributed by atoms with van der Waals surface area (Å²) in [4.78, 5) is 11.5. The molecular formula is C17H18O2. The van der Waals surface area contributed by atoms with Crippen LogP contribution >= 0.6 is 0 Å². The maximum atomic E-state index is 11.5. The molecule has 2 rings (SSSR count). The number of aryl methyl sites for hydroxylation is 2. The second-order valence-corrected chi connectivity index (χ2v) is 4.65. The minimum Gasteiger partial charge on any atom is -0.457 e. The van der Waals surface area contributed by atoms with Crippen LogP contribution in [0.1, 0.15) is 34.8 Å². The molecule has 0 aliphatic carbocycles. The van der Waals surface area contributed by atoms with Gasteiger partial charge in [-0.2, -0.15) is 0 Å². The Labute approximate surface area is 114 Å². The normalized spacial score (nSPS) is 10.3. The van der Waals surface area contributed by atoms with Crippen molar-refractivity contribution in [2.24, 2.45) is 0 Å². The van der Waals surface area contributed by atoms with Crippen LogP contribution in [0, 0.1) is 13.8 Å². The molecule has 0 radical (unpaired) electrons. The molecule has 2 nitrogen and oxygen atoms in total. The highest BCUT2D eigenvalue weighted by molar-refractivity contribution is 5.95. The van der Waals surface area contributed by atoms with Crippen LogP contribution in [-0.2, 0) is 0 Å².